The molecule has 0 aromatic heterocycles. The second-order valence-electron chi connectivity index (χ2n) is 8.55. The van der Waals surface area contributed by atoms with E-state index in [0.717, 1.165) is 6.42 Å². The van der Waals surface area contributed by atoms with Crippen molar-refractivity contribution in [2.45, 2.75) is 67.2 Å². The normalized spacial score (nSPS) is 29.5. The van der Waals surface area contributed by atoms with Gasteiger partial charge in [-0.2, -0.15) is 0 Å². The average molecular weight is 343 g/mol. The lowest BCUT2D eigenvalue weighted by Crippen LogP contribution is -2.19. The number of rotatable bonds is 6. The summed E-state index contributed by atoms with van der Waals surface area (Å²) in [6.07, 6.45) is 15.6. The molecule has 0 amide bonds. The van der Waals surface area contributed by atoms with Gasteiger partial charge in [-0.1, -0.05) is 62.3 Å². The third-order valence-corrected chi connectivity index (χ3v) is 5.74. The molecule has 0 heterocycles. The van der Waals surface area contributed by atoms with Gasteiger partial charge in [-0.15, -0.1) is 0 Å². The second-order valence-corrected chi connectivity index (χ2v) is 8.55. The topological polar surface area (TPSA) is 26.3 Å². The molecular formula is C23H34O2. The van der Waals surface area contributed by atoms with Gasteiger partial charge in [0.1, 0.15) is 0 Å². The molecule has 0 saturated heterocycles. The summed E-state index contributed by atoms with van der Waals surface area (Å²) in [5.74, 6) is -0.0269. The Morgan fingerprint density at radius 2 is 2.04 bits per heavy atom. The molecule has 0 N–H and O–H groups in total. The van der Waals surface area contributed by atoms with Crippen molar-refractivity contribution in [3.63, 3.8) is 0 Å². The number of esters is 1. The summed E-state index contributed by atoms with van der Waals surface area (Å²) in [7, 11) is 0. The first-order valence-electron chi connectivity index (χ1n) is 9.60. The summed E-state index contributed by atoms with van der Waals surface area (Å²) in [4.78, 5) is 11.8. The number of carbonyl (C=O) groups is 1. The van der Waals surface area contributed by atoms with Crippen LogP contribution in [0.2, 0.25) is 0 Å². The first-order valence-corrected chi connectivity index (χ1v) is 9.60. The van der Waals surface area contributed by atoms with E-state index in [1.807, 2.05) is 6.92 Å². The number of hydrogen-bond donors (Lipinski definition) is 0. The van der Waals surface area contributed by atoms with Crippen molar-refractivity contribution in [2.75, 3.05) is 6.61 Å². The Morgan fingerprint density at radius 1 is 1.32 bits per heavy atom. The third kappa shape index (κ3) is 4.96. The molecule has 2 aliphatic rings. The van der Waals surface area contributed by atoms with E-state index >= 15 is 0 Å². The van der Waals surface area contributed by atoms with E-state index in [2.05, 4.69) is 65.0 Å². The monoisotopic (exact) mass is 342 g/mol. The zero-order valence-electron chi connectivity index (χ0n) is 16.8. The first-order chi connectivity index (χ1) is 11.7. The molecule has 0 bridgehead atoms. The minimum absolute atomic E-state index is 0.0305. The fourth-order valence-corrected chi connectivity index (χ4v) is 3.86. The van der Waals surface area contributed by atoms with E-state index in [1.165, 1.54) is 36.0 Å². The fourth-order valence-electron chi connectivity index (χ4n) is 3.86. The van der Waals surface area contributed by atoms with Gasteiger partial charge in [0.2, 0.25) is 0 Å². The average Bonchev–Trinajstić information content (AvgIpc) is 3.18. The van der Waals surface area contributed by atoms with Crippen LogP contribution < -0.4 is 0 Å². The van der Waals surface area contributed by atoms with Gasteiger partial charge in [0.25, 0.3) is 0 Å². The van der Waals surface area contributed by atoms with Gasteiger partial charge in [-0.3, -0.25) is 4.79 Å². The Hall–Kier alpha value is -1.57. The molecule has 2 aliphatic carbocycles. The van der Waals surface area contributed by atoms with Gasteiger partial charge in [0.15, 0.2) is 0 Å². The van der Waals surface area contributed by atoms with Crippen LogP contribution in [0.4, 0.5) is 0 Å². The fraction of sp³-hybridized carbons (Fsp3) is 0.609. The van der Waals surface area contributed by atoms with Gasteiger partial charge in [0, 0.05) is 0 Å². The molecule has 0 radical (unpaired) electrons. The smallest absolute Gasteiger partial charge is 0.309 e. The molecule has 0 aromatic rings. The lowest BCUT2D eigenvalue weighted by Gasteiger charge is -2.32. The summed E-state index contributed by atoms with van der Waals surface area (Å²) < 4.78 is 5.12. The van der Waals surface area contributed by atoms with E-state index in [4.69, 9.17) is 4.74 Å². The summed E-state index contributed by atoms with van der Waals surface area (Å²) in [6.45, 7) is 13.5. The standard InChI is InChI=1S/C23H34O2/c1-7-25-21(24)20-16-23(20,6)15-8-10-17(2)12-13-19-18(3)11-9-14-22(19,4)5/h8,10,12-13,15,20H,7,9,11,14,16H2,1-6H3/b13-12+,15-8+,17-10+/t20-,23-/m1/s1. The Kier molecular flexibility index (Phi) is 6.13. The Balaban J connectivity index is 1.97. The molecule has 2 heteroatoms. The quantitative estimate of drug-likeness (QED) is 0.427. The molecular weight excluding hydrogens is 308 g/mol. The highest BCUT2D eigenvalue weighted by Crippen LogP contribution is 2.54. The molecule has 0 aliphatic heterocycles. The van der Waals surface area contributed by atoms with Crippen LogP contribution in [0.1, 0.15) is 67.2 Å². The van der Waals surface area contributed by atoms with Crippen molar-refractivity contribution in [3.05, 3.63) is 47.1 Å². The van der Waals surface area contributed by atoms with Crippen molar-refractivity contribution in [3.8, 4) is 0 Å². The minimum atomic E-state index is -0.0582. The predicted molar refractivity (Wildman–Crippen MR) is 105 cm³/mol. The van der Waals surface area contributed by atoms with Crippen LogP contribution in [-0.2, 0) is 9.53 Å². The molecule has 0 aromatic carbocycles. The summed E-state index contributed by atoms with van der Waals surface area (Å²) in [5, 5.41) is 0. The van der Waals surface area contributed by atoms with Crippen molar-refractivity contribution in [2.24, 2.45) is 16.7 Å². The maximum Gasteiger partial charge on any atom is 0.309 e. The number of ether oxygens (including phenoxy) is 1. The van der Waals surface area contributed by atoms with E-state index in [0.29, 0.717) is 6.61 Å². The first kappa shape index (κ1) is 19.8. The van der Waals surface area contributed by atoms with Crippen molar-refractivity contribution in [1.82, 2.24) is 0 Å². The lowest BCUT2D eigenvalue weighted by molar-refractivity contribution is -0.145. The van der Waals surface area contributed by atoms with Gasteiger partial charge in [0.05, 0.1) is 12.5 Å². The van der Waals surface area contributed by atoms with Gasteiger partial charge < -0.3 is 4.74 Å². The maximum absolute atomic E-state index is 11.8. The molecule has 25 heavy (non-hydrogen) atoms. The van der Waals surface area contributed by atoms with Gasteiger partial charge >= 0.3 is 5.97 Å². The second kappa shape index (κ2) is 7.76. The summed E-state index contributed by atoms with van der Waals surface area (Å²) >= 11 is 0. The lowest BCUT2D eigenvalue weighted by atomic mass is 9.72. The Morgan fingerprint density at radius 3 is 2.68 bits per heavy atom. The van der Waals surface area contributed by atoms with Crippen molar-refractivity contribution < 1.29 is 9.53 Å². The molecule has 1 saturated carbocycles. The highest BCUT2D eigenvalue weighted by molar-refractivity contribution is 5.77. The Bertz CT molecular complexity index is 630. The van der Waals surface area contributed by atoms with Crippen LogP contribution in [0.3, 0.4) is 0 Å². The predicted octanol–water partition coefficient (Wildman–Crippen LogP) is 6.16. The maximum atomic E-state index is 11.8. The van der Waals surface area contributed by atoms with E-state index in [-0.39, 0.29) is 22.7 Å². The van der Waals surface area contributed by atoms with Crippen LogP contribution >= 0.6 is 0 Å². The van der Waals surface area contributed by atoms with Crippen LogP contribution in [0.5, 0.6) is 0 Å². The SMILES string of the molecule is CCOC(=O)[C@H]1C[C@@]1(C)/C=C/C=C(C)/C=C/C1=C(C)CCCC1(C)C. The summed E-state index contributed by atoms with van der Waals surface area (Å²) in [5.41, 5.74) is 4.50. The molecule has 1 fully saturated rings. The van der Waals surface area contributed by atoms with Crippen molar-refractivity contribution in [1.29, 1.82) is 0 Å². The van der Waals surface area contributed by atoms with Gasteiger partial charge in [-0.05, 0) is 62.9 Å². The van der Waals surface area contributed by atoms with Gasteiger partial charge in [-0.25, -0.2) is 0 Å². The molecule has 2 nitrogen and oxygen atoms in total. The van der Waals surface area contributed by atoms with Crippen LogP contribution in [0.15, 0.2) is 47.1 Å². The van der Waals surface area contributed by atoms with Crippen molar-refractivity contribution >= 4 is 5.97 Å². The number of hydrogen-bond acceptors (Lipinski definition) is 2. The molecule has 2 rings (SSSR count). The van der Waals surface area contributed by atoms with Crippen LogP contribution in [0.25, 0.3) is 0 Å². The largest absolute Gasteiger partial charge is 0.466 e. The van der Waals surface area contributed by atoms with E-state index in [1.54, 1.807) is 0 Å². The molecule has 2 atom stereocenters. The van der Waals surface area contributed by atoms with Crippen LogP contribution in [-0.4, -0.2) is 12.6 Å². The molecule has 0 spiro atoms. The van der Waals surface area contributed by atoms with Crippen LogP contribution in [0, 0.1) is 16.7 Å². The van der Waals surface area contributed by atoms with E-state index < -0.39 is 0 Å². The summed E-state index contributed by atoms with van der Waals surface area (Å²) in [6, 6.07) is 0. The highest BCUT2D eigenvalue weighted by atomic mass is 16.5. The zero-order chi connectivity index (χ0) is 18.7. The third-order valence-electron chi connectivity index (χ3n) is 5.74. The van der Waals surface area contributed by atoms with E-state index in [9.17, 15) is 4.79 Å². The molecule has 0 unspecified atom stereocenters. The molecule has 138 valence electrons. The zero-order valence-corrected chi connectivity index (χ0v) is 16.8. The number of allylic oxidation sites excluding steroid dienone is 8. The minimum Gasteiger partial charge on any atom is -0.466 e. The highest BCUT2D eigenvalue weighted by Gasteiger charge is 2.53. The Labute approximate surface area is 153 Å². The number of carbonyl (C=O) groups excluding carboxylic acids is 1.